The molecule has 0 fully saturated rings. The summed E-state index contributed by atoms with van der Waals surface area (Å²) >= 11 is 0. The van der Waals surface area contributed by atoms with Gasteiger partial charge in [0.25, 0.3) is 0 Å². The Hall–Kier alpha value is -1.51. The second-order valence-corrected chi connectivity index (χ2v) is 3.63. The van der Waals surface area contributed by atoms with Crippen LogP contribution in [-0.2, 0) is 0 Å². The van der Waals surface area contributed by atoms with E-state index in [1.165, 1.54) is 0 Å². The minimum Gasteiger partial charge on any atom is -0.508 e. The van der Waals surface area contributed by atoms with Crippen molar-refractivity contribution >= 4 is 11.0 Å². The third-order valence-corrected chi connectivity index (χ3v) is 2.56. The van der Waals surface area contributed by atoms with Crippen molar-refractivity contribution in [2.45, 2.75) is 26.2 Å². The molecule has 2 N–H and O–H groups in total. The summed E-state index contributed by atoms with van der Waals surface area (Å²) in [7, 11) is 0. The number of benzene rings is 1. The third-order valence-electron chi connectivity index (χ3n) is 2.56. The average Bonchev–Trinajstić information content (AvgIpc) is 2.59. The van der Waals surface area contributed by atoms with Gasteiger partial charge in [-0.3, -0.25) is 0 Å². The summed E-state index contributed by atoms with van der Waals surface area (Å²) in [6, 6.07) is 5.19. The fraction of sp³-hybridized carbons (Fsp3) is 0.364. The molecular weight excluding hydrogens is 176 g/mol. The Morgan fingerprint density at radius 1 is 1.50 bits per heavy atom. The molecule has 1 unspecified atom stereocenters. The highest BCUT2D eigenvalue weighted by molar-refractivity contribution is 5.76. The molecule has 3 nitrogen and oxygen atoms in total. The predicted molar refractivity (Wildman–Crippen MR) is 56.5 cm³/mol. The minimum atomic E-state index is 0.275. The summed E-state index contributed by atoms with van der Waals surface area (Å²) in [5.74, 6) is 1.70. The zero-order valence-corrected chi connectivity index (χ0v) is 8.41. The Kier molecular flexibility index (Phi) is 2.15. The number of phenols is 1. The largest absolute Gasteiger partial charge is 0.508 e. The highest BCUT2D eigenvalue weighted by Crippen LogP contribution is 2.22. The number of phenolic OH excluding ortho intramolecular Hbond substituents is 1. The standard InChI is InChI=1S/C11H14N2O/c1-3-7(2)11-12-9-5-4-8(14)6-10(9)13-11/h4-7,14H,3H2,1-2H3,(H,12,13). The van der Waals surface area contributed by atoms with E-state index in [4.69, 9.17) is 0 Å². The van der Waals surface area contributed by atoms with Crippen LogP contribution in [0.5, 0.6) is 5.75 Å². The number of aromatic amines is 1. The van der Waals surface area contributed by atoms with E-state index in [1.807, 2.05) is 6.07 Å². The molecule has 3 heteroatoms. The normalized spacial score (nSPS) is 13.3. The first kappa shape index (κ1) is 9.06. The second kappa shape index (κ2) is 3.33. The zero-order chi connectivity index (χ0) is 10.1. The van der Waals surface area contributed by atoms with Crippen LogP contribution in [0.3, 0.4) is 0 Å². The van der Waals surface area contributed by atoms with Gasteiger partial charge >= 0.3 is 0 Å². The summed E-state index contributed by atoms with van der Waals surface area (Å²) in [4.78, 5) is 7.67. The van der Waals surface area contributed by atoms with Gasteiger partial charge in [0, 0.05) is 12.0 Å². The molecule has 0 saturated heterocycles. The van der Waals surface area contributed by atoms with E-state index in [0.29, 0.717) is 5.92 Å². The van der Waals surface area contributed by atoms with Gasteiger partial charge in [-0.1, -0.05) is 13.8 Å². The number of aromatic nitrogens is 2. The molecule has 0 aliphatic heterocycles. The molecule has 1 aromatic heterocycles. The van der Waals surface area contributed by atoms with Crippen LogP contribution in [0.25, 0.3) is 11.0 Å². The molecule has 1 aromatic carbocycles. The summed E-state index contributed by atoms with van der Waals surface area (Å²) in [5.41, 5.74) is 1.82. The van der Waals surface area contributed by atoms with E-state index in [0.717, 1.165) is 23.3 Å². The monoisotopic (exact) mass is 190 g/mol. The summed E-state index contributed by atoms with van der Waals surface area (Å²) in [6.07, 6.45) is 1.06. The zero-order valence-electron chi connectivity index (χ0n) is 8.41. The lowest BCUT2D eigenvalue weighted by Gasteiger charge is -2.01. The SMILES string of the molecule is CCC(C)c1nc2ccc(O)cc2[nH]1. The van der Waals surface area contributed by atoms with Crippen molar-refractivity contribution in [3.63, 3.8) is 0 Å². The molecule has 2 aromatic rings. The first-order valence-electron chi connectivity index (χ1n) is 4.89. The van der Waals surface area contributed by atoms with E-state index in [2.05, 4.69) is 23.8 Å². The molecule has 1 atom stereocenters. The van der Waals surface area contributed by atoms with Crippen molar-refractivity contribution in [3.05, 3.63) is 24.0 Å². The smallest absolute Gasteiger partial charge is 0.117 e. The Morgan fingerprint density at radius 3 is 3.00 bits per heavy atom. The predicted octanol–water partition coefficient (Wildman–Crippen LogP) is 2.78. The second-order valence-electron chi connectivity index (χ2n) is 3.63. The molecule has 14 heavy (non-hydrogen) atoms. The first-order chi connectivity index (χ1) is 6.70. The van der Waals surface area contributed by atoms with Crippen molar-refractivity contribution in [1.82, 2.24) is 9.97 Å². The Bertz CT molecular complexity index is 447. The van der Waals surface area contributed by atoms with Gasteiger partial charge in [-0.2, -0.15) is 0 Å². The van der Waals surface area contributed by atoms with Gasteiger partial charge in [-0.25, -0.2) is 4.98 Å². The quantitative estimate of drug-likeness (QED) is 0.765. The lowest BCUT2D eigenvalue weighted by Crippen LogP contribution is -1.92. The van der Waals surface area contributed by atoms with Crippen LogP contribution in [0.4, 0.5) is 0 Å². The molecular formula is C11H14N2O. The Balaban J connectivity index is 2.51. The van der Waals surface area contributed by atoms with Gasteiger partial charge in [-0.15, -0.1) is 0 Å². The Labute approximate surface area is 82.8 Å². The number of fused-ring (bicyclic) bond motifs is 1. The average molecular weight is 190 g/mol. The van der Waals surface area contributed by atoms with E-state index in [9.17, 15) is 5.11 Å². The number of H-pyrrole nitrogens is 1. The highest BCUT2D eigenvalue weighted by atomic mass is 16.3. The third kappa shape index (κ3) is 1.45. The molecule has 0 aliphatic carbocycles. The maximum Gasteiger partial charge on any atom is 0.117 e. The molecule has 0 aliphatic rings. The molecule has 0 amide bonds. The van der Waals surface area contributed by atoms with Crippen molar-refractivity contribution < 1.29 is 5.11 Å². The van der Waals surface area contributed by atoms with Gasteiger partial charge in [-0.05, 0) is 18.6 Å². The van der Waals surface area contributed by atoms with E-state index in [-0.39, 0.29) is 5.75 Å². The number of nitrogens with zero attached hydrogens (tertiary/aromatic N) is 1. The van der Waals surface area contributed by atoms with Gasteiger partial charge in [0.2, 0.25) is 0 Å². The van der Waals surface area contributed by atoms with Gasteiger partial charge in [0.1, 0.15) is 11.6 Å². The van der Waals surface area contributed by atoms with Gasteiger partial charge < -0.3 is 10.1 Å². The van der Waals surface area contributed by atoms with Crippen molar-refractivity contribution in [1.29, 1.82) is 0 Å². The summed E-state index contributed by atoms with van der Waals surface area (Å²) in [5, 5.41) is 9.29. The van der Waals surface area contributed by atoms with Crippen LogP contribution >= 0.6 is 0 Å². The first-order valence-corrected chi connectivity index (χ1v) is 4.89. The van der Waals surface area contributed by atoms with Crippen molar-refractivity contribution in [2.75, 3.05) is 0 Å². The topological polar surface area (TPSA) is 48.9 Å². The number of hydrogen-bond acceptors (Lipinski definition) is 2. The lowest BCUT2D eigenvalue weighted by atomic mass is 10.1. The van der Waals surface area contributed by atoms with Crippen LogP contribution in [0.15, 0.2) is 18.2 Å². The molecule has 0 spiro atoms. The van der Waals surface area contributed by atoms with Crippen LogP contribution in [0.1, 0.15) is 32.0 Å². The van der Waals surface area contributed by atoms with E-state index < -0.39 is 0 Å². The lowest BCUT2D eigenvalue weighted by molar-refractivity contribution is 0.476. The molecule has 0 saturated carbocycles. The molecule has 0 radical (unpaired) electrons. The minimum absolute atomic E-state index is 0.275. The highest BCUT2D eigenvalue weighted by Gasteiger charge is 2.08. The van der Waals surface area contributed by atoms with Gasteiger partial charge in [0.15, 0.2) is 0 Å². The Morgan fingerprint density at radius 2 is 2.29 bits per heavy atom. The number of rotatable bonds is 2. The van der Waals surface area contributed by atoms with Crippen LogP contribution in [-0.4, -0.2) is 15.1 Å². The number of nitrogens with one attached hydrogen (secondary N) is 1. The molecule has 2 rings (SSSR count). The maximum atomic E-state index is 9.29. The fourth-order valence-corrected chi connectivity index (χ4v) is 1.44. The number of imidazole rings is 1. The maximum absolute atomic E-state index is 9.29. The van der Waals surface area contributed by atoms with Crippen molar-refractivity contribution in [3.8, 4) is 5.75 Å². The summed E-state index contributed by atoms with van der Waals surface area (Å²) in [6.45, 7) is 4.27. The molecule has 74 valence electrons. The van der Waals surface area contributed by atoms with Gasteiger partial charge in [0.05, 0.1) is 11.0 Å². The molecule has 1 heterocycles. The number of aromatic hydroxyl groups is 1. The summed E-state index contributed by atoms with van der Waals surface area (Å²) < 4.78 is 0. The van der Waals surface area contributed by atoms with Crippen molar-refractivity contribution in [2.24, 2.45) is 0 Å². The molecule has 0 bridgehead atoms. The van der Waals surface area contributed by atoms with Crippen LogP contribution in [0.2, 0.25) is 0 Å². The fourth-order valence-electron chi connectivity index (χ4n) is 1.44. The van der Waals surface area contributed by atoms with E-state index in [1.54, 1.807) is 12.1 Å². The number of hydrogen-bond donors (Lipinski definition) is 2. The van der Waals surface area contributed by atoms with Crippen LogP contribution < -0.4 is 0 Å². The van der Waals surface area contributed by atoms with E-state index >= 15 is 0 Å². The van der Waals surface area contributed by atoms with Crippen LogP contribution in [0, 0.1) is 0 Å².